The molecule has 0 aliphatic rings. The molecule has 0 unspecified atom stereocenters. The molecular formula is C23H17NO6S. The van der Waals surface area contributed by atoms with Gasteiger partial charge < -0.3 is 14.9 Å². The first-order chi connectivity index (χ1) is 14.8. The van der Waals surface area contributed by atoms with Crippen molar-refractivity contribution >= 4 is 32.5 Å². The van der Waals surface area contributed by atoms with Crippen LogP contribution < -0.4 is 9.46 Å². The van der Waals surface area contributed by atoms with Gasteiger partial charge in [-0.2, -0.15) is 0 Å². The van der Waals surface area contributed by atoms with E-state index in [9.17, 15) is 18.3 Å². The van der Waals surface area contributed by atoms with E-state index >= 15 is 0 Å². The number of carbonyl (C=O) groups is 1. The zero-order valence-electron chi connectivity index (χ0n) is 16.0. The van der Waals surface area contributed by atoms with Gasteiger partial charge in [-0.05, 0) is 53.9 Å². The summed E-state index contributed by atoms with van der Waals surface area (Å²) in [7, 11) is -4.05. The topological polar surface area (TPSA) is 113 Å². The molecule has 4 aromatic rings. The Balaban J connectivity index is 1.54. The highest BCUT2D eigenvalue weighted by atomic mass is 32.2. The number of benzene rings is 4. The third-order valence-electron chi connectivity index (χ3n) is 4.59. The fourth-order valence-corrected chi connectivity index (χ4v) is 4.15. The van der Waals surface area contributed by atoms with Gasteiger partial charge in [0.25, 0.3) is 10.0 Å². The van der Waals surface area contributed by atoms with Crippen LogP contribution in [0.15, 0.2) is 89.8 Å². The third kappa shape index (κ3) is 4.29. The van der Waals surface area contributed by atoms with Crippen LogP contribution in [-0.2, 0) is 10.0 Å². The van der Waals surface area contributed by atoms with Crippen LogP contribution in [0.2, 0.25) is 0 Å². The number of ether oxygens (including phenoxy) is 1. The number of phenols is 1. The van der Waals surface area contributed by atoms with E-state index in [2.05, 4.69) is 4.72 Å². The lowest BCUT2D eigenvalue weighted by atomic mass is 10.1. The quantitative estimate of drug-likeness (QED) is 0.400. The highest BCUT2D eigenvalue weighted by Crippen LogP contribution is 2.31. The monoisotopic (exact) mass is 435 g/mol. The molecule has 31 heavy (non-hydrogen) atoms. The van der Waals surface area contributed by atoms with Crippen LogP contribution in [0.1, 0.15) is 10.4 Å². The summed E-state index contributed by atoms with van der Waals surface area (Å²) in [5, 5.41) is 20.6. The molecule has 0 fully saturated rings. The maximum Gasteiger partial charge on any atom is 0.339 e. The number of anilines is 1. The van der Waals surface area contributed by atoms with E-state index in [0.717, 1.165) is 29.0 Å². The van der Waals surface area contributed by atoms with Gasteiger partial charge in [0.1, 0.15) is 22.8 Å². The van der Waals surface area contributed by atoms with Gasteiger partial charge in [0.15, 0.2) is 0 Å². The maximum absolute atomic E-state index is 12.6. The highest BCUT2D eigenvalue weighted by Gasteiger charge is 2.19. The van der Waals surface area contributed by atoms with Crippen LogP contribution in [-0.4, -0.2) is 24.6 Å². The number of aromatic hydroxyl groups is 1. The van der Waals surface area contributed by atoms with E-state index in [1.54, 1.807) is 12.1 Å². The molecule has 0 atom stereocenters. The lowest BCUT2D eigenvalue weighted by Crippen LogP contribution is -2.13. The van der Waals surface area contributed by atoms with E-state index in [4.69, 9.17) is 9.84 Å². The molecule has 0 aliphatic carbocycles. The zero-order valence-corrected chi connectivity index (χ0v) is 16.8. The highest BCUT2D eigenvalue weighted by molar-refractivity contribution is 7.92. The van der Waals surface area contributed by atoms with Crippen LogP contribution in [0.4, 0.5) is 5.69 Å². The summed E-state index contributed by atoms with van der Waals surface area (Å²) >= 11 is 0. The number of fused-ring (bicyclic) bond motifs is 1. The lowest BCUT2D eigenvalue weighted by Gasteiger charge is -2.11. The molecule has 156 valence electrons. The average molecular weight is 435 g/mol. The Labute approximate surface area is 178 Å². The van der Waals surface area contributed by atoms with E-state index in [-0.39, 0.29) is 10.6 Å². The predicted molar refractivity (Wildman–Crippen MR) is 116 cm³/mol. The number of hydrogen-bond acceptors (Lipinski definition) is 5. The Kier molecular flexibility index (Phi) is 5.22. The maximum atomic E-state index is 12.6. The molecule has 0 heterocycles. The minimum Gasteiger partial charge on any atom is -0.507 e. The molecule has 0 aromatic heterocycles. The molecule has 4 aromatic carbocycles. The van der Waals surface area contributed by atoms with Crippen molar-refractivity contribution in [2.75, 3.05) is 4.72 Å². The molecule has 0 amide bonds. The number of sulfonamides is 1. The fraction of sp³-hybridized carbons (Fsp3) is 0. The number of carboxylic acids is 1. The van der Waals surface area contributed by atoms with Gasteiger partial charge in [-0.15, -0.1) is 0 Å². The Morgan fingerprint density at radius 2 is 1.58 bits per heavy atom. The van der Waals surface area contributed by atoms with Gasteiger partial charge in [0.2, 0.25) is 0 Å². The van der Waals surface area contributed by atoms with Crippen molar-refractivity contribution in [1.82, 2.24) is 0 Å². The summed E-state index contributed by atoms with van der Waals surface area (Å²) in [4.78, 5) is 10.9. The summed E-state index contributed by atoms with van der Waals surface area (Å²) in [5.74, 6) is -0.736. The molecule has 0 saturated heterocycles. The normalized spacial score (nSPS) is 11.2. The minimum absolute atomic E-state index is 0.273. The Bertz CT molecular complexity index is 1380. The van der Waals surface area contributed by atoms with Gasteiger partial charge >= 0.3 is 5.97 Å². The standard InChI is InChI=1S/C23H17NO6S/c25-21-13-12-18(14-20(21)23(26)27)31(28,29)24-16-8-10-17(11-9-16)30-22-7-3-5-15-4-1-2-6-19(15)22/h1-14,24-25H,(H,26,27). The number of nitrogens with one attached hydrogen (secondary N) is 1. The van der Waals surface area contributed by atoms with Crippen LogP contribution >= 0.6 is 0 Å². The van der Waals surface area contributed by atoms with E-state index < -0.39 is 27.3 Å². The van der Waals surface area contributed by atoms with Crippen molar-refractivity contribution in [2.24, 2.45) is 0 Å². The van der Waals surface area contributed by atoms with Crippen molar-refractivity contribution in [1.29, 1.82) is 0 Å². The van der Waals surface area contributed by atoms with E-state index in [1.165, 1.54) is 12.1 Å². The molecule has 0 radical (unpaired) electrons. The van der Waals surface area contributed by atoms with E-state index in [0.29, 0.717) is 11.5 Å². The molecule has 0 saturated carbocycles. The smallest absolute Gasteiger partial charge is 0.339 e. The molecule has 3 N–H and O–H groups in total. The summed E-state index contributed by atoms with van der Waals surface area (Å²) in [5.41, 5.74) is -0.225. The second-order valence-electron chi connectivity index (χ2n) is 6.69. The Morgan fingerprint density at radius 1 is 0.871 bits per heavy atom. The molecule has 4 rings (SSSR count). The molecule has 8 heteroatoms. The third-order valence-corrected chi connectivity index (χ3v) is 5.97. The lowest BCUT2D eigenvalue weighted by molar-refractivity contribution is 0.0693. The second kappa shape index (κ2) is 8.00. The zero-order chi connectivity index (χ0) is 22.0. The first kappa shape index (κ1) is 20.2. The number of carboxylic acid groups (broad SMARTS) is 1. The van der Waals surface area contributed by atoms with Crippen LogP contribution in [0, 0.1) is 0 Å². The first-order valence-corrected chi connectivity index (χ1v) is 10.7. The largest absolute Gasteiger partial charge is 0.507 e. The van der Waals surface area contributed by atoms with Crippen LogP contribution in [0.25, 0.3) is 10.8 Å². The van der Waals surface area contributed by atoms with Crippen molar-refractivity contribution in [3.05, 3.63) is 90.5 Å². The van der Waals surface area contributed by atoms with E-state index in [1.807, 2.05) is 42.5 Å². The van der Waals surface area contributed by atoms with Gasteiger partial charge in [-0.3, -0.25) is 4.72 Å². The summed E-state index contributed by atoms with van der Waals surface area (Å²) in [6.45, 7) is 0. The minimum atomic E-state index is -4.05. The van der Waals surface area contributed by atoms with Crippen LogP contribution in [0.3, 0.4) is 0 Å². The molecule has 0 spiro atoms. The summed E-state index contributed by atoms with van der Waals surface area (Å²) < 4.78 is 33.5. The van der Waals surface area contributed by atoms with Crippen molar-refractivity contribution in [3.63, 3.8) is 0 Å². The van der Waals surface area contributed by atoms with Crippen molar-refractivity contribution < 1.29 is 28.2 Å². The molecule has 0 aliphatic heterocycles. The number of rotatable bonds is 6. The molecule has 0 bridgehead atoms. The predicted octanol–water partition coefficient (Wildman–Crippen LogP) is 4.84. The fourth-order valence-electron chi connectivity index (χ4n) is 3.07. The van der Waals surface area contributed by atoms with Gasteiger partial charge in [-0.25, -0.2) is 13.2 Å². The van der Waals surface area contributed by atoms with Gasteiger partial charge in [-0.1, -0.05) is 36.4 Å². The summed E-state index contributed by atoms with van der Waals surface area (Å²) in [6.07, 6.45) is 0. The van der Waals surface area contributed by atoms with Gasteiger partial charge in [0.05, 0.1) is 4.90 Å². The molecular weight excluding hydrogens is 418 g/mol. The Morgan fingerprint density at radius 3 is 2.32 bits per heavy atom. The number of hydrogen-bond donors (Lipinski definition) is 3. The Hall–Kier alpha value is -4.04. The van der Waals surface area contributed by atoms with Crippen molar-refractivity contribution in [3.8, 4) is 17.2 Å². The van der Waals surface area contributed by atoms with Gasteiger partial charge in [0, 0.05) is 11.1 Å². The number of aromatic carboxylic acids is 1. The van der Waals surface area contributed by atoms with Crippen molar-refractivity contribution in [2.45, 2.75) is 4.90 Å². The summed E-state index contributed by atoms with van der Waals surface area (Å²) in [6, 6.07) is 22.9. The van der Waals surface area contributed by atoms with Crippen LogP contribution in [0.5, 0.6) is 17.2 Å². The molecule has 7 nitrogen and oxygen atoms in total. The first-order valence-electron chi connectivity index (χ1n) is 9.18. The average Bonchev–Trinajstić information content (AvgIpc) is 2.75. The SMILES string of the molecule is O=C(O)c1cc(S(=O)(=O)Nc2ccc(Oc3cccc4ccccc34)cc2)ccc1O. The second-order valence-corrected chi connectivity index (χ2v) is 8.38.